The predicted octanol–water partition coefficient (Wildman–Crippen LogP) is 2.48. The minimum absolute atomic E-state index is 0.392. The molecule has 0 saturated heterocycles. The van der Waals surface area contributed by atoms with Crippen molar-refractivity contribution < 1.29 is 4.74 Å². The Balaban J connectivity index is 2.75. The SMILES string of the molecule is COc1ccc2c(N)cc(Cl)nc2c1. The summed E-state index contributed by atoms with van der Waals surface area (Å²) in [6.07, 6.45) is 0. The Hall–Kier alpha value is -1.48. The maximum absolute atomic E-state index is 5.79. The summed E-state index contributed by atoms with van der Waals surface area (Å²) in [7, 11) is 1.61. The topological polar surface area (TPSA) is 48.1 Å². The fourth-order valence-electron chi connectivity index (χ4n) is 1.33. The number of ether oxygens (including phenoxy) is 1. The maximum Gasteiger partial charge on any atom is 0.131 e. The molecule has 72 valence electrons. The van der Waals surface area contributed by atoms with E-state index in [2.05, 4.69) is 4.98 Å². The minimum atomic E-state index is 0.392. The first kappa shape index (κ1) is 9.09. The van der Waals surface area contributed by atoms with Crippen molar-refractivity contribution in [1.82, 2.24) is 4.98 Å². The number of methoxy groups -OCH3 is 1. The van der Waals surface area contributed by atoms with Crippen LogP contribution in [0.15, 0.2) is 24.3 Å². The first-order valence-electron chi connectivity index (χ1n) is 4.10. The molecule has 0 bridgehead atoms. The van der Waals surface area contributed by atoms with Crippen LogP contribution in [0.3, 0.4) is 0 Å². The highest BCUT2D eigenvalue weighted by molar-refractivity contribution is 6.30. The van der Waals surface area contributed by atoms with E-state index in [4.69, 9.17) is 22.1 Å². The van der Waals surface area contributed by atoms with Gasteiger partial charge >= 0.3 is 0 Å². The molecule has 0 aliphatic rings. The fourth-order valence-corrected chi connectivity index (χ4v) is 1.54. The summed E-state index contributed by atoms with van der Waals surface area (Å²) in [6.45, 7) is 0. The molecule has 2 aromatic rings. The van der Waals surface area contributed by atoms with Crippen molar-refractivity contribution in [2.75, 3.05) is 12.8 Å². The van der Waals surface area contributed by atoms with E-state index in [0.717, 1.165) is 16.7 Å². The lowest BCUT2D eigenvalue weighted by Gasteiger charge is -2.04. The van der Waals surface area contributed by atoms with Gasteiger partial charge in [0.25, 0.3) is 0 Å². The van der Waals surface area contributed by atoms with Crippen molar-refractivity contribution in [1.29, 1.82) is 0 Å². The minimum Gasteiger partial charge on any atom is -0.497 e. The molecule has 3 nitrogen and oxygen atoms in total. The van der Waals surface area contributed by atoms with Gasteiger partial charge in [-0.1, -0.05) is 11.6 Å². The van der Waals surface area contributed by atoms with Crippen LogP contribution in [-0.4, -0.2) is 12.1 Å². The van der Waals surface area contributed by atoms with E-state index in [1.54, 1.807) is 19.2 Å². The molecule has 0 atom stereocenters. The van der Waals surface area contributed by atoms with Crippen LogP contribution in [0.1, 0.15) is 0 Å². The molecule has 1 aromatic carbocycles. The lowest BCUT2D eigenvalue weighted by Crippen LogP contribution is -1.91. The van der Waals surface area contributed by atoms with Crippen LogP contribution in [-0.2, 0) is 0 Å². The van der Waals surface area contributed by atoms with Gasteiger partial charge in [0.2, 0.25) is 0 Å². The summed E-state index contributed by atoms with van der Waals surface area (Å²) in [4.78, 5) is 4.15. The van der Waals surface area contributed by atoms with Crippen LogP contribution in [0.25, 0.3) is 10.9 Å². The number of nitrogens with zero attached hydrogens (tertiary/aromatic N) is 1. The van der Waals surface area contributed by atoms with Gasteiger partial charge in [-0.05, 0) is 18.2 Å². The van der Waals surface area contributed by atoms with Crippen molar-refractivity contribution in [2.45, 2.75) is 0 Å². The van der Waals surface area contributed by atoms with Crippen molar-refractivity contribution in [3.63, 3.8) is 0 Å². The Labute approximate surface area is 86.5 Å². The van der Waals surface area contributed by atoms with Crippen LogP contribution in [0.5, 0.6) is 5.75 Å². The van der Waals surface area contributed by atoms with Gasteiger partial charge in [-0.25, -0.2) is 4.98 Å². The van der Waals surface area contributed by atoms with Crippen molar-refractivity contribution in [3.8, 4) is 5.75 Å². The van der Waals surface area contributed by atoms with E-state index in [-0.39, 0.29) is 0 Å². The summed E-state index contributed by atoms with van der Waals surface area (Å²) in [6, 6.07) is 7.15. The predicted molar refractivity (Wildman–Crippen MR) is 57.7 cm³/mol. The molecular weight excluding hydrogens is 200 g/mol. The van der Waals surface area contributed by atoms with Gasteiger partial charge in [0.15, 0.2) is 0 Å². The summed E-state index contributed by atoms with van der Waals surface area (Å²) < 4.78 is 5.08. The van der Waals surface area contributed by atoms with Crippen LogP contribution in [0.2, 0.25) is 5.15 Å². The number of hydrogen-bond acceptors (Lipinski definition) is 3. The first-order valence-corrected chi connectivity index (χ1v) is 4.48. The van der Waals surface area contributed by atoms with Gasteiger partial charge in [-0.2, -0.15) is 0 Å². The zero-order valence-corrected chi connectivity index (χ0v) is 8.38. The highest BCUT2D eigenvalue weighted by atomic mass is 35.5. The second-order valence-corrected chi connectivity index (χ2v) is 3.30. The van der Waals surface area contributed by atoms with Crippen molar-refractivity contribution >= 4 is 28.2 Å². The zero-order valence-electron chi connectivity index (χ0n) is 7.62. The van der Waals surface area contributed by atoms with E-state index >= 15 is 0 Å². The number of fused-ring (bicyclic) bond motifs is 1. The quantitative estimate of drug-likeness (QED) is 0.733. The molecule has 2 N–H and O–H groups in total. The normalized spacial score (nSPS) is 10.4. The smallest absolute Gasteiger partial charge is 0.131 e. The summed E-state index contributed by atoms with van der Waals surface area (Å²) in [5, 5.41) is 1.28. The van der Waals surface area contributed by atoms with Crippen molar-refractivity contribution in [3.05, 3.63) is 29.4 Å². The highest BCUT2D eigenvalue weighted by Gasteiger charge is 2.02. The molecule has 0 aliphatic carbocycles. The number of benzene rings is 1. The Bertz CT molecular complexity index is 485. The molecule has 0 fully saturated rings. The molecular formula is C10H9ClN2O. The van der Waals surface area contributed by atoms with E-state index in [1.807, 2.05) is 12.1 Å². The van der Waals surface area contributed by atoms with Gasteiger partial charge in [0, 0.05) is 17.1 Å². The van der Waals surface area contributed by atoms with Crippen LogP contribution in [0, 0.1) is 0 Å². The average Bonchev–Trinajstić information content (AvgIpc) is 2.16. The Morgan fingerprint density at radius 2 is 2.14 bits per heavy atom. The third-order valence-electron chi connectivity index (χ3n) is 2.02. The van der Waals surface area contributed by atoms with Crippen LogP contribution < -0.4 is 10.5 Å². The first-order chi connectivity index (χ1) is 6.70. The number of nitrogen functional groups attached to an aromatic ring is 1. The molecule has 0 unspecified atom stereocenters. The fraction of sp³-hybridized carbons (Fsp3) is 0.100. The van der Waals surface area contributed by atoms with Crippen LogP contribution in [0.4, 0.5) is 5.69 Å². The van der Waals surface area contributed by atoms with Gasteiger partial charge in [0.1, 0.15) is 10.9 Å². The second kappa shape index (κ2) is 3.35. The highest BCUT2D eigenvalue weighted by Crippen LogP contribution is 2.25. The van der Waals surface area contributed by atoms with Gasteiger partial charge < -0.3 is 10.5 Å². The molecule has 2 rings (SSSR count). The van der Waals surface area contributed by atoms with Crippen LogP contribution >= 0.6 is 11.6 Å². The lowest BCUT2D eigenvalue weighted by molar-refractivity contribution is 0.415. The molecule has 0 amide bonds. The van der Waals surface area contributed by atoms with Gasteiger partial charge in [-0.15, -0.1) is 0 Å². The van der Waals surface area contributed by atoms with Crippen molar-refractivity contribution in [2.24, 2.45) is 0 Å². The molecule has 0 spiro atoms. The number of hydrogen-bond donors (Lipinski definition) is 1. The summed E-state index contributed by atoms with van der Waals surface area (Å²) in [5.74, 6) is 0.742. The van der Waals surface area contributed by atoms with E-state index in [1.165, 1.54) is 0 Å². The standard InChI is InChI=1S/C10H9ClN2O/c1-14-6-2-3-7-8(12)5-10(11)13-9(7)4-6/h2-5H,1H3,(H2,12,13). The van der Waals surface area contributed by atoms with E-state index in [9.17, 15) is 0 Å². The third kappa shape index (κ3) is 1.46. The number of aromatic nitrogens is 1. The molecule has 4 heteroatoms. The average molecular weight is 209 g/mol. The third-order valence-corrected chi connectivity index (χ3v) is 2.21. The van der Waals surface area contributed by atoms with Gasteiger partial charge in [0.05, 0.1) is 12.6 Å². The number of rotatable bonds is 1. The molecule has 0 radical (unpaired) electrons. The Morgan fingerprint density at radius 1 is 1.36 bits per heavy atom. The van der Waals surface area contributed by atoms with Gasteiger partial charge in [-0.3, -0.25) is 0 Å². The molecule has 1 aromatic heterocycles. The van der Waals surface area contributed by atoms with E-state index < -0.39 is 0 Å². The van der Waals surface area contributed by atoms with E-state index in [0.29, 0.717) is 10.8 Å². The molecule has 14 heavy (non-hydrogen) atoms. The monoisotopic (exact) mass is 208 g/mol. The maximum atomic E-state index is 5.79. The summed E-state index contributed by atoms with van der Waals surface area (Å²) >= 11 is 5.79. The molecule has 0 aliphatic heterocycles. The Morgan fingerprint density at radius 3 is 2.86 bits per heavy atom. The number of nitrogens with two attached hydrogens (primary N) is 1. The molecule has 0 saturated carbocycles. The number of anilines is 1. The number of halogens is 1. The lowest BCUT2D eigenvalue weighted by atomic mass is 10.2. The largest absolute Gasteiger partial charge is 0.497 e. The zero-order chi connectivity index (χ0) is 10.1. The molecule has 1 heterocycles. The summed E-state index contributed by atoms with van der Waals surface area (Å²) in [5.41, 5.74) is 7.16. The second-order valence-electron chi connectivity index (χ2n) is 2.92. The Kier molecular flexibility index (Phi) is 2.17. The number of pyridine rings is 1.